The molecule has 2 heterocycles. The van der Waals surface area contributed by atoms with Crippen molar-refractivity contribution in [3.63, 3.8) is 0 Å². The molecule has 7 nitrogen and oxygen atoms in total. The van der Waals surface area contributed by atoms with Crippen molar-refractivity contribution in [2.24, 2.45) is 5.73 Å². The summed E-state index contributed by atoms with van der Waals surface area (Å²) in [5.74, 6) is 1.05. The lowest BCUT2D eigenvalue weighted by molar-refractivity contribution is -0.125. The van der Waals surface area contributed by atoms with Crippen molar-refractivity contribution in [2.45, 2.75) is 6.42 Å². The molecule has 1 aromatic rings. The molecule has 1 saturated heterocycles. The van der Waals surface area contributed by atoms with Crippen LogP contribution in [0.15, 0.2) is 24.3 Å². The summed E-state index contributed by atoms with van der Waals surface area (Å²) in [4.78, 5) is 27.1. The van der Waals surface area contributed by atoms with E-state index in [9.17, 15) is 9.59 Å². The van der Waals surface area contributed by atoms with Gasteiger partial charge in [-0.25, -0.2) is 0 Å². The van der Waals surface area contributed by atoms with Crippen LogP contribution in [-0.4, -0.2) is 61.1 Å². The Balaban J connectivity index is 1.57. The first-order valence-corrected chi connectivity index (χ1v) is 7.99. The molecule has 2 N–H and O–H groups in total. The minimum atomic E-state index is -0.336. The van der Waals surface area contributed by atoms with Crippen LogP contribution in [0.25, 0.3) is 6.08 Å². The monoisotopic (exact) mass is 331 g/mol. The molecule has 0 atom stereocenters. The van der Waals surface area contributed by atoms with Gasteiger partial charge in [-0.1, -0.05) is 6.07 Å². The zero-order valence-corrected chi connectivity index (χ0v) is 13.4. The molecule has 0 unspecified atom stereocenters. The third-order valence-corrected chi connectivity index (χ3v) is 4.09. The maximum atomic E-state index is 12.4. The molecule has 0 aliphatic carbocycles. The second-order valence-electron chi connectivity index (χ2n) is 5.87. The van der Waals surface area contributed by atoms with Gasteiger partial charge >= 0.3 is 0 Å². The van der Waals surface area contributed by atoms with Crippen LogP contribution in [0.1, 0.15) is 12.0 Å². The van der Waals surface area contributed by atoms with Crippen LogP contribution in [0.5, 0.6) is 11.5 Å². The van der Waals surface area contributed by atoms with Gasteiger partial charge in [-0.2, -0.15) is 0 Å². The lowest BCUT2D eigenvalue weighted by Crippen LogP contribution is -2.37. The molecule has 0 radical (unpaired) electrons. The molecule has 3 rings (SSSR count). The molecule has 2 aliphatic rings. The Bertz CT molecular complexity index is 659. The quantitative estimate of drug-likeness (QED) is 0.810. The Morgan fingerprint density at radius 3 is 2.79 bits per heavy atom. The van der Waals surface area contributed by atoms with E-state index in [2.05, 4.69) is 0 Å². The number of hydrogen-bond donors (Lipinski definition) is 1. The van der Waals surface area contributed by atoms with Crippen LogP contribution >= 0.6 is 0 Å². The Morgan fingerprint density at radius 1 is 1.12 bits per heavy atom. The molecule has 1 aromatic carbocycles. The summed E-state index contributed by atoms with van der Waals surface area (Å²) in [5, 5.41) is 0. The van der Waals surface area contributed by atoms with Gasteiger partial charge in [0.15, 0.2) is 11.5 Å². The Labute approximate surface area is 140 Å². The summed E-state index contributed by atoms with van der Waals surface area (Å²) in [6.45, 7) is 3.19. The fraction of sp³-hybridized carbons (Fsp3) is 0.412. The molecule has 1 fully saturated rings. The molecule has 0 spiro atoms. The zero-order valence-electron chi connectivity index (χ0n) is 13.4. The normalized spacial score (nSPS) is 17.9. The molecule has 2 aliphatic heterocycles. The first-order valence-electron chi connectivity index (χ1n) is 7.99. The number of nitrogens with two attached hydrogens (primary N) is 1. The van der Waals surface area contributed by atoms with E-state index in [1.165, 1.54) is 0 Å². The minimum absolute atomic E-state index is 0.0337. The van der Waals surface area contributed by atoms with Gasteiger partial charge in [-0.05, 0) is 30.2 Å². The lowest BCUT2D eigenvalue weighted by atomic mass is 10.2. The van der Waals surface area contributed by atoms with Crippen LogP contribution in [-0.2, 0) is 9.59 Å². The molecule has 24 heavy (non-hydrogen) atoms. The van der Waals surface area contributed by atoms with Crippen LogP contribution in [0.3, 0.4) is 0 Å². The van der Waals surface area contributed by atoms with Gasteiger partial charge in [0.1, 0.15) is 0 Å². The summed E-state index contributed by atoms with van der Waals surface area (Å²) >= 11 is 0. The van der Waals surface area contributed by atoms with Crippen LogP contribution in [0.4, 0.5) is 0 Å². The smallest absolute Gasteiger partial charge is 0.246 e. The summed E-state index contributed by atoms with van der Waals surface area (Å²) in [6.07, 6.45) is 4.18. The van der Waals surface area contributed by atoms with Crippen molar-refractivity contribution in [3.05, 3.63) is 29.8 Å². The fourth-order valence-corrected chi connectivity index (χ4v) is 2.86. The number of primary amides is 1. The van der Waals surface area contributed by atoms with Crippen LogP contribution < -0.4 is 15.2 Å². The van der Waals surface area contributed by atoms with Gasteiger partial charge < -0.3 is 20.1 Å². The third-order valence-electron chi connectivity index (χ3n) is 4.09. The average Bonchev–Trinajstić information content (AvgIpc) is 2.90. The number of ether oxygens (including phenoxy) is 2. The van der Waals surface area contributed by atoms with Crippen LogP contribution in [0.2, 0.25) is 0 Å². The lowest BCUT2D eigenvalue weighted by Gasteiger charge is -2.19. The van der Waals surface area contributed by atoms with Gasteiger partial charge in [0.25, 0.3) is 0 Å². The van der Waals surface area contributed by atoms with Gasteiger partial charge in [-0.15, -0.1) is 0 Å². The van der Waals surface area contributed by atoms with Crippen molar-refractivity contribution in [2.75, 3.05) is 39.5 Å². The van der Waals surface area contributed by atoms with Gasteiger partial charge in [0.2, 0.25) is 18.6 Å². The molecule has 7 heteroatoms. The summed E-state index contributed by atoms with van der Waals surface area (Å²) in [5.41, 5.74) is 6.11. The van der Waals surface area contributed by atoms with Gasteiger partial charge in [0.05, 0.1) is 6.54 Å². The van der Waals surface area contributed by atoms with E-state index in [-0.39, 0.29) is 25.2 Å². The van der Waals surface area contributed by atoms with Crippen molar-refractivity contribution in [1.29, 1.82) is 0 Å². The molecule has 0 bridgehead atoms. The number of nitrogens with zero attached hydrogens (tertiary/aromatic N) is 2. The SMILES string of the molecule is NC(=O)CN1CCCN(C(=O)/C=C/c2ccc3c(c2)OCO3)CC1. The number of amides is 2. The number of rotatable bonds is 4. The Kier molecular flexibility index (Phi) is 5.00. The standard InChI is InChI=1S/C17H21N3O4/c18-16(21)11-19-6-1-7-20(9-8-19)17(22)5-3-13-2-4-14-15(10-13)24-12-23-14/h2-5,10H,1,6-9,11-12H2,(H2,18,21)/b5-3+. The predicted octanol–water partition coefficient (Wildman–Crippen LogP) is 0.448. The van der Waals surface area contributed by atoms with Gasteiger partial charge in [0, 0.05) is 32.3 Å². The zero-order chi connectivity index (χ0) is 16.9. The molecule has 0 aromatic heterocycles. The molecule has 0 saturated carbocycles. The van der Waals surface area contributed by atoms with E-state index in [0.717, 1.165) is 24.3 Å². The Hall–Kier alpha value is -2.54. The summed E-state index contributed by atoms with van der Waals surface area (Å²) in [7, 11) is 0. The number of carbonyl (C=O) groups is 2. The van der Waals surface area contributed by atoms with Crippen molar-refractivity contribution in [3.8, 4) is 11.5 Å². The van der Waals surface area contributed by atoms with E-state index in [1.54, 1.807) is 17.1 Å². The highest BCUT2D eigenvalue weighted by atomic mass is 16.7. The number of hydrogen-bond acceptors (Lipinski definition) is 5. The fourth-order valence-electron chi connectivity index (χ4n) is 2.86. The third kappa shape index (κ3) is 4.05. The van der Waals surface area contributed by atoms with Crippen molar-refractivity contribution in [1.82, 2.24) is 9.80 Å². The maximum Gasteiger partial charge on any atom is 0.246 e. The second-order valence-corrected chi connectivity index (χ2v) is 5.87. The molecule has 128 valence electrons. The highest BCUT2D eigenvalue weighted by Crippen LogP contribution is 2.32. The van der Waals surface area contributed by atoms with E-state index >= 15 is 0 Å². The summed E-state index contributed by atoms with van der Waals surface area (Å²) in [6, 6.07) is 5.57. The predicted molar refractivity (Wildman–Crippen MR) is 88.4 cm³/mol. The number of fused-ring (bicyclic) bond motifs is 1. The first kappa shape index (κ1) is 16.3. The molecular weight excluding hydrogens is 310 g/mol. The number of carbonyl (C=O) groups excluding carboxylic acids is 2. The maximum absolute atomic E-state index is 12.4. The van der Waals surface area contributed by atoms with E-state index in [4.69, 9.17) is 15.2 Å². The largest absolute Gasteiger partial charge is 0.454 e. The molecular formula is C17H21N3O4. The van der Waals surface area contributed by atoms with E-state index in [1.807, 2.05) is 23.1 Å². The second kappa shape index (κ2) is 7.35. The summed E-state index contributed by atoms with van der Waals surface area (Å²) < 4.78 is 10.6. The van der Waals surface area contributed by atoms with E-state index < -0.39 is 0 Å². The minimum Gasteiger partial charge on any atom is -0.454 e. The van der Waals surface area contributed by atoms with Crippen molar-refractivity contribution >= 4 is 17.9 Å². The van der Waals surface area contributed by atoms with Gasteiger partial charge in [-0.3, -0.25) is 14.5 Å². The Morgan fingerprint density at radius 2 is 1.96 bits per heavy atom. The number of benzene rings is 1. The van der Waals surface area contributed by atoms with Crippen molar-refractivity contribution < 1.29 is 19.1 Å². The first-order chi connectivity index (χ1) is 11.6. The van der Waals surface area contributed by atoms with E-state index in [0.29, 0.717) is 25.4 Å². The average molecular weight is 331 g/mol. The van der Waals surface area contributed by atoms with Crippen LogP contribution in [0, 0.1) is 0 Å². The highest BCUT2D eigenvalue weighted by molar-refractivity contribution is 5.92. The highest BCUT2D eigenvalue weighted by Gasteiger charge is 2.18. The molecule has 2 amide bonds. The topological polar surface area (TPSA) is 85.1 Å².